The highest BCUT2D eigenvalue weighted by molar-refractivity contribution is 6.32. The van der Waals surface area contributed by atoms with Gasteiger partial charge in [-0.3, -0.25) is 4.99 Å². The third-order valence-electron chi connectivity index (χ3n) is 5.94. The number of likely N-dealkylation sites (tertiary alicyclic amines) is 1. The van der Waals surface area contributed by atoms with Crippen LogP contribution in [0.5, 0.6) is 0 Å². The van der Waals surface area contributed by atoms with E-state index in [1.54, 1.807) is 6.20 Å². The fraction of sp³-hybridized carbons (Fsp3) is 0.727. The lowest BCUT2D eigenvalue weighted by molar-refractivity contribution is 0.190. The summed E-state index contributed by atoms with van der Waals surface area (Å²) in [5.41, 5.74) is 0. The second-order valence-electron chi connectivity index (χ2n) is 8.38. The summed E-state index contributed by atoms with van der Waals surface area (Å²) in [4.78, 5) is 14.1. The molecule has 29 heavy (non-hydrogen) atoms. The van der Waals surface area contributed by atoms with Gasteiger partial charge >= 0.3 is 0 Å². The smallest absolute Gasteiger partial charge is 0.191 e. The first-order valence-corrected chi connectivity index (χ1v) is 11.7. The number of hydrogen-bond donors (Lipinski definition) is 2. The fourth-order valence-electron chi connectivity index (χ4n) is 4.12. The Kier molecular flexibility index (Phi) is 8.87. The molecule has 2 aliphatic heterocycles. The topological polar surface area (TPSA) is 55.8 Å². The number of rotatable bonds is 8. The van der Waals surface area contributed by atoms with Gasteiger partial charge in [-0.1, -0.05) is 18.5 Å². The van der Waals surface area contributed by atoms with Gasteiger partial charge in [0.1, 0.15) is 5.82 Å². The number of pyridine rings is 1. The average molecular weight is 421 g/mol. The normalized spacial score (nSPS) is 21.6. The van der Waals surface area contributed by atoms with Gasteiger partial charge < -0.3 is 20.4 Å². The van der Waals surface area contributed by atoms with Crippen molar-refractivity contribution in [1.82, 2.24) is 20.5 Å². The molecule has 0 amide bonds. The molecular weight excluding hydrogens is 384 g/mol. The molecule has 1 aromatic heterocycles. The van der Waals surface area contributed by atoms with Crippen LogP contribution in [0.1, 0.15) is 46.0 Å². The SMILES string of the molecule is CCNC(=NCCCCN1CCC(C)CC1)NC1CCN(c2ncccc2Cl)C1. The van der Waals surface area contributed by atoms with Crippen LogP contribution in [0.4, 0.5) is 5.82 Å². The van der Waals surface area contributed by atoms with Crippen LogP contribution in [-0.2, 0) is 0 Å². The molecule has 2 N–H and O–H groups in total. The summed E-state index contributed by atoms with van der Waals surface area (Å²) in [6, 6.07) is 4.14. The van der Waals surface area contributed by atoms with Crippen LogP contribution in [0.2, 0.25) is 5.02 Å². The highest BCUT2D eigenvalue weighted by Crippen LogP contribution is 2.25. The van der Waals surface area contributed by atoms with Crippen molar-refractivity contribution in [1.29, 1.82) is 0 Å². The Bertz CT molecular complexity index is 644. The van der Waals surface area contributed by atoms with Gasteiger partial charge in [-0.25, -0.2) is 4.98 Å². The molecule has 7 heteroatoms. The van der Waals surface area contributed by atoms with Crippen molar-refractivity contribution in [2.75, 3.05) is 50.7 Å². The Morgan fingerprint density at radius 3 is 2.83 bits per heavy atom. The van der Waals surface area contributed by atoms with Gasteiger partial charge in [0.2, 0.25) is 0 Å². The molecule has 0 radical (unpaired) electrons. The minimum Gasteiger partial charge on any atom is -0.357 e. The van der Waals surface area contributed by atoms with Crippen LogP contribution in [0.15, 0.2) is 23.3 Å². The summed E-state index contributed by atoms with van der Waals surface area (Å²) in [7, 11) is 0. The van der Waals surface area contributed by atoms with E-state index in [0.29, 0.717) is 6.04 Å². The molecule has 1 atom stereocenters. The maximum atomic E-state index is 6.30. The summed E-state index contributed by atoms with van der Waals surface area (Å²) in [6.45, 7) is 11.9. The Balaban J connectivity index is 1.39. The zero-order chi connectivity index (χ0) is 20.5. The number of guanidine groups is 1. The van der Waals surface area contributed by atoms with E-state index < -0.39 is 0 Å². The second-order valence-corrected chi connectivity index (χ2v) is 8.78. The van der Waals surface area contributed by atoms with E-state index in [-0.39, 0.29) is 0 Å². The van der Waals surface area contributed by atoms with Gasteiger partial charge in [-0.15, -0.1) is 0 Å². The van der Waals surface area contributed by atoms with Gasteiger partial charge in [0.25, 0.3) is 0 Å². The van der Waals surface area contributed by atoms with Gasteiger partial charge in [-0.2, -0.15) is 0 Å². The fourth-order valence-corrected chi connectivity index (χ4v) is 4.36. The van der Waals surface area contributed by atoms with Crippen molar-refractivity contribution in [3.63, 3.8) is 0 Å². The molecule has 0 aliphatic carbocycles. The number of hydrogen-bond acceptors (Lipinski definition) is 4. The van der Waals surface area contributed by atoms with Crippen molar-refractivity contribution in [3.8, 4) is 0 Å². The predicted octanol–water partition coefficient (Wildman–Crippen LogP) is 3.38. The standard InChI is InChI=1S/C22H37ClN6/c1-3-24-22(26-11-4-5-13-28-14-8-18(2)9-15-28)27-19-10-16-29(17-19)21-20(23)7-6-12-25-21/h6-7,12,18-19H,3-5,8-11,13-17H2,1-2H3,(H2,24,26,27). The molecule has 3 heterocycles. The molecule has 162 valence electrons. The van der Waals surface area contributed by atoms with Gasteiger partial charge in [-0.05, 0) is 76.7 Å². The minimum absolute atomic E-state index is 0.362. The molecule has 6 nitrogen and oxygen atoms in total. The molecule has 2 aliphatic rings. The molecule has 0 spiro atoms. The Morgan fingerprint density at radius 2 is 2.07 bits per heavy atom. The second kappa shape index (κ2) is 11.6. The summed E-state index contributed by atoms with van der Waals surface area (Å²) in [6.07, 6.45) is 7.95. The number of nitrogens with zero attached hydrogens (tertiary/aromatic N) is 4. The number of nitrogens with one attached hydrogen (secondary N) is 2. The predicted molar refractivity (Wildman–Crippen MR) is 123 cm³/mol. The van der Waals surface area contributed by atoms with E-state index in [1.165, 1.54) is 38.9 Å². The summed E-state index contributed by atoms with van der Waals surface area (Å²) < 4.78 is 0. The van der Waals surface area contributed by atoms with Crippen molar-refractivity contribution >= 4 is 23.4 Å². The summed E-state index contributed by atoms with van der Waals surface area (Å²) in [5, 5.41) is 7.71. The summed E-state index contributed by atoms with van der Waals surface area (Å²) in [5.74, 6) is 2.72. The van der Waals surface area contributed by atoms with Gasteiger partial charge in [0.15, 0.2) is 5.96 Å². The number of aliphatic imine (C=N–C) groups is 1. The van der Waals surface area contributed by atoms with E-state index in [9.17, 15) is 0 Å². The number of anilines is 1. The third-order valence-corrected chi connectivity index (χ3v) is 6.24. The van der Waals surface area contributed by atoms with E-state index >= 15 is 0 Å². The van der Waals surface area contributed by atoms with Crippen molar-refractivity contribution in [2.24, 2.45) is 10.9 Å². The van der Waals surface area contributed by atoms with Crippen LogP contribution >= 0.6 is 11.6 Å². The van der Waals surface area contributed by atoms with Gasteiger partial charge in [0.05, 0.1) is 5.02 Å². The number of halogens is 1. The molecule has 0 saturated carbocycles. The number of unbranched alkanes of at least 4 members (excludes halogenated alkanes) is 1. The van der Waals surface area contributed by atoms with Crippen LogP contribution in [0, 0.1) is 5.92 Å². The van der Waals surface area contributed by atoms with Crippen LogP contribution in [-0.4, -0.2) is 67.7 Å². The zero-order valence-electron chi connectivity index (χ0n) is 18.0. The van der Waals surface area contributed by atoms with E-state index in [4.69, 9.17) is 16.6 Å². The molecule has 1 unspecified atom stereocenters. The lowest BCUT2D eigenvalue weighted by atomic mass is 9.99. The van der Waals surface area contributed by atoms with Gasteiger partial charge in [0, 0.05) is 38.4 Å². The molecule has 0 aromatic carbocycles. The van der Waals surface area contributed by atoms with Crippen molar-refractivity contribution in [3.05, 3.63) is 23.4 Å². The first-order valence-electron chi connectivity index (χ1n) is 11.3. The minimum atomic E-state index is 0.362. The molecule has 2 saturated heterocycles. The quantitative estimate of drug-likeness (QED) is 0.383. The first kappa shape index (κ1) is 22.2. The third kappa shape index (κ3) is 7.03. The maximum Gasteiger partial charge on any atom is 0.191 e. The number of piperidine rings is 1. The molecule has 3 rings (SSSR count). The highest BCUT2D eigenvalue weighted by atomic mass is 35.5. The Hall–Kier alpha value is -1.53. The van der Waals surface area contributed by atoms with Crippen LogP contribution < -0.4 is 15.5 Å². The van der Waals surface area contributed by atoms with E-state index in [1.807, 2.05) is 12.1 Å². The largest absolute Gasteiger partial charge is 0.357 e. The Morgan fingerprint density at radius 1 is 1.24 bits per heavy atom. The maximum absolute atomic E-state index is 6.30. The lowest BCUT2D eigenvalue weighted by Crippen LogP contribution is -2.44. The first-order chi connectivity index (χ1) is 14.2. The van der Waals surface area contributed by atoms with E-state index in [0.717, 1.165) is 61.7 Å². The van der Waals surface area contributed by atoms with E-state index in [2.05, 4.69) is 39.3 Å². The number of aromatic nitrogens is 1. The zero-order valence-corrected chi connectivity index (χ0v) is 18.8. The van der Waals surface area contributed by atoms with Crippen molar-refractivity contribution < 1.29 is 0 Å². The summed E-state index contributed by atoms with van der Waals surface area (Å²) >= 11 is 6.30. The van der Waals surface area contributed by atoms with Crippen molar-refractivity contribution in [2.45, 2.75) is 52.0 Å². The average Bonchev–Trinajstić information content (AvgIpc) is 3.18. The Labute approximate surface area is 181 Å². The molecule has 0 bridgehead atoms. The monoisotopic (exact) mass is 420 g/mol. The molecule has 2 fully saturated rings. The van der Waals surface area contributed by atoms with Crippen LogP contribution in [0.3, 0.4) is 0 Å². The van der Waals surface area contributed by atoms with Crippen LogP contribution in [0.25, 0.3) is 0 Å². The highest BCUT2D eigenvalue weighted by Gasteiger charge is 2.25. The lowest BCUT2D eigenvalue weighted by Gasteiger charge is -2.30. The molecule has 1 aromatic rings. The molecular formula is C22H37ClN6.